The molecule has 31 heavy (non-hydrogen) atoms. The minimum Gasteiger partial charge on any atom is -0.385 e. The summed E-state index contributed by atoms with van der Waals surface area (Å²) in [7, 11) is -1.30. The van der Waals surface area contributed by atoms with Crippen molar-refractivity contribution in [1.82, 2.24) is 4.72 Å². The molecule has 1 amide bonds. The zero-order valence-corrected chi connectivity index (χ0v) is 19.9. The largest absolute Gasteiger partial charge is 0.385 e. The fraction of sp³-hybridized carbons (Fsp3) is 0.391. The normalized spacial score (nSPS) is 16.4. The van der Waals surface area contributed by atoms with E-state index in [0.717, 1.165) is 42.7 Å². The van der Waals surface area contributed by atoms with Crippen LogP contribution in [0, 0.1) is 13.8 Å². The molecule has 0 radical (unpaired) electrons. The number of anilines is 2. The van der Waals surface area contributed by atoms with Gasteiger partial charge in [-0.25, -0.2) is 4.21 Å². The van der Waals surface area contributed by atoms with Gasteiger partial charge in [0.1, 0.15) is 0 Å². The van der Waals surface area contributed by atoms with Crippen LogP contribution in [0.5, 0.6) is 0 Å². The number of hydrogen-bond donors (Lipinski definition) is 2. The fourth-order valence-corrected chi connectivity index (χ4v) is 5.15. The Bertz CT molecular complexity index is 961. The summed E-state index contributed by atoms with van der Waals surface area (Å²) < 4.78 is 15.0. The van der Waals surface area contributed by atoms with Gasteiger partial charge in [0.15, 0.2) is 16.2 Å². The highest BCUT2D eigenvalue weighted by Crippen LogP contribution is 2.22. The number of amidine groups is 1. The van der Waals surface area contributed by atoms with Gasteiger partial charge in [0.2, 0.25) is 5.91 Å². The first-order chi connectivity index (χ1) is 15.0. The number of aryl methyl sites for hydroxylation is 2. The monoisotopic (exact) mass is 458 g/mol. The van der Waals surface area contributed by atoms with Crippen molar-refractivity contribution < 1.29 is 9.00 Å². The second-order valence-corrected chi connectivity index (χ2v) is 9.69. The molecule has 2 aliphatic heterocycles. The summed E-state index contributed by atoms with van der Waals surface area (Å²) in [5, 5.41) is 4.04. The standard InChI is InChI=1S/C13H15N3O2S2.C10H15N/c17-12-2-1-8-16(12)10-3-5-11(6-4-10)20(18)15-13-14-7-9-19-13;1-4-11-10-6-5-8(2)7-9(10)3/h3-6H,1-2,7-9H2,(H,14,15);5-7,11H,4H2,1-3H3. The Kier molecular flexibility index (Phi) is 8.54. The number of aliphatic imine (C=N–C) groups is 1. The summed E-state index contributed by atoms with van der Waals surface area (Å²) in [5.74, 6) is 1.10. The maximum atomic E-state index is 12.1. The number of thioether (sulfide) groups is 1. The van der Waals surface area contributed by atoms with Gasteiger partial charge in [-0.05, 0) is 63.1 Å². The lowest BCUT2D eigenvalue weighted by atomic mass is 10.1. The van der Waals surface area contributed by atoms with Crippen LogP contribution < -0.4 is 14.9 Å². The van der Waals surface area contributed by atoms with Gasteiger partial charge in [-0.1, -0.05) is 29.5 Å². The Morgan fingerprint density at radius 3 is 2.52 bits per heavy atom. The molecule has 6 nitrogen and oxygen atoms in total. The molecule has 166 valence electrons. The van der Waals surface area contributed by atoms with Gasteiger partial charge in [-0.15, -0.1) is 0 Å². The van der Waals surface area contributed by atoms with Gasteiger partial charge in [-0.3, -0.25) is 14.5 Å². The quantitative estimate of drug-likeness (QED) is 0.702. The molecule has 2 N–H and O–H groups in total. The number of amides is 1. The topological polar surface area (TPSA) is 73.8 Å². The third kappa shape index (κ3) is 6.58. The number of hydrogen-bond acceptors (Lipinski definition) is 5. The highest BCUT2D eigenvalue weighted by molar-refractivity contribution is 8.15. The van der Waals surface area contributed by atoms with Crippen LogP contribution in [0.25, 0.3) is 0 Å². The molecule has 2 heterocycles. The van der Waals surface area contributed by atoms with Crippen LogP contribution in [-0.4, -0.2) is 40.7 Å². The van der Waals surface area contributed by atoms with Gasteiger partial charge in [0.25, 0.3) is 0 Å². The SMILES string of the molecule is CCNc1ccc(C)cc1C.O=C1CCCN1c1ccc(S(=O)NC2=NCCS2)cc1. The van der Waals surface area contributed by atoms with E-state index >= 15 is 0 Å². The van der Waals surface area contributed by atoms with E-state index in [1.54, 1.807) is 28.8 Å². The molecule has 0 saturated carbocycles. The molecule has 0 spiro atoms. The summed E-state index contributed by atoms with van der Waals surface area (Å²) in [6.07, 6.45) is 1.53. The van der Waals surface area contributed by atoms with Gasteiger partial charge >= 0.3 is 0 Å². The van der Waals surface area contributed by atoms with Crippen molar-refractivity contribution in [2.24, 2.45) is 4.99 Å². The van der Waals surface area contributed by atoms with E-state index < -0.39 is 11.0 Å². The summed E-state index contributed by atoms with van der Waals surface area (Å²) in [6, 6.07) is 13.7. The second kappa shape index (κ2) is 11.3. The Hall–Kier alpha value is -2.32. The lowest BCUT2D eigenvalue weighted by Gasteiger charge is -2.15. The number of nitrogens with zero attached hydrogens (tertiary/aromatic N) is 2. The van der Waals surface area contributed by atoms with Crippen LogP contribution >= 0.6 is 11.8 Å². The molecular weight excluding hydrogens is 428 g/mol. The molecule has 1 unspecified atom stereocenters. The van der Waals surface area contributed by atoms with Crippen molar-refractivity contribution in [1.29, 1.82) is 0 Å². The Morgan fingerprint density at radius 2 is 1.94 bits per heavy atom. The zero-order chi connectivity index (χ0) is 22.2. The predicted octanol–water partition coefficient (Wildman–Crippen LogP) is 4.26. The average Bonchev–Trinajstić information content (AvgIpc) is 3.42. The van der Waals surface area contributed by atoms with E-state index in [4.69, 9.17) is 0 Å². The summed E-state index contributed by atoms with van der Waals surface area (Å²) in [6.45, 7) is 8.89. The molecule has 2 aliphatic rings. The zero-order valence-electron chi connectivity index (χ0n) is 18.3. The van der Waals surface area contributed by atoms with E-state index in [0.29, 0.717) is 11.3 Å². The Balaban J connectivity index is 0.000000210. The lowest BCUT2D eigenvalue weighted by Crippen LogP contribution is -2.24. The van der Waals surface area contributed by atoms with Crippen molar-refractivity contribution in [2.45, 2.75) is 38.5 Å². The molecule has 1 fully saturated rings. The number of benzene rings is 2. The molecule has 1 saturated heterocycles. The Morgan fingerprint density at radius 1 is 1.16 bits per heavy atom. The van der Waals surface area contributed by atoms with E-state index in [2.05, 4.69) is 54.0 Å². The third-order valence-corrected chi connectivity index (χ3v) is 7.05. The van der Waals surface area contributed by atoms with Crippen LogP contribution in [0.1, 0.15) is 30.9 Å². The fourth-order valence-electron chi connectivity index (χ4n) is 3.41. The lowest BCUT2D eigenvalue weighted by molar-refractivity contribution is -0.117. The summed E-state index contributed by atoms with van der Waals surface area (Å²) >= 11 is 1.58. The van der Waals surface area contributed by atoms with E-state index in [-0.39, 0.29) is 5.91 Å². The summed E-state index contributed by atoms with van der Waals surface area (Å²) in [5.41, 5.74) is 4.77. The van der Waals surface area contributed by atoms with Gasteiger partial charge < -0.3 is 10.2 Å². The van der Waals surface area contributed by atoms with Crippen LogP contribution in [0.2, 0.25) is 0 Å². The molecular formula is C23H30N4O2S2. The molecule has 0 bridgehead atoms. The maximum absolute atomic E-state index is 12.1. The first kappa shape index (κ1) is 23.3. The molecule has 4 rings (SSSR count). The van der Waals surface area contributed by atoms with Gasteiger partial charge in [-0.2, -0.15) is 0 Å². The molecule has 2 aromatic rings. The van der Waals surface area contributed by atoms with E-state index in [9.17, 15) is 9.00 Å². The van der Waals surface area contributed by atoms with Gasteiger partial charge in [0.05, 0.1) is 11.4 Å². The van der Waals surface area contributed by atoms with Crippen molar-refractivity contribution >= 4 is 45.2 Å². The van der Waals surface area contributed by atoms with Crippen LogP contribution in [0.15, 0.2) is 52.4 Å². The number of nitrogens with one attached hydrogen (secondary N) is 2. The van der Waals surface area contributed by atoms with Gasteiger partial charge in [0, 0.05) is 36.6 Å². The summed E-state index contributed by atoms with van der Waals surface area (Å²) in [4.78, 5) is 18.3. The smallest absolute Gasteiger partial charge is 0.227 e. The molecule has 8 heteroatoms. The van der Waals surface area contributed by atoms with Crippen molar-refractivity contribution in [3.63, 3.8) is 0 Å². The predicted molar refractivity (Wildman–Crippen MR) is 132 cm³/mol. The van der Waals surface area contributed by atoms with Crippen molar-refractivity contribution in [2.75, 3.05) is 35.6 Å². The minimum atomic E-state index is -1.30. The minimum absolute atomic E-state index is 0.161. The van der Waals surface area contributed by atoms with Crippen LogP contribution in [-0.2, 0) is 15.8 Å². The molecule has 2 aromatic carbocycles. The maximum Gasteiger partial charge on any atom is 0.227 e. The Labute approximate surface area is 191 Å². The van der Waals surface area contributed by atoms with Crippen molar-refractivity contribution in [3.8, 4) is 0 Å². The number of carbonyl (C=O) groups excluding carboxylic acids is 1. The third-order valence-electron chi connectivity index (χ3n) is 4.95. The van der Waals surface area contributed by atoms with Crippen LogP contribution in [0.4, 0.5) is 11.4 Å². The molecule has 0 aromatic heterocycles. The average molecular weight is 459 g/mol. The molecule has 0 aliphatic carbocycles. The number of rotatable bonds is 5. The molecule has 1 atom stereocenters. The van der Waals surface area contributed by atoms with E-state index in [1.165, 1.54) is 16.8 Å². The first-order valence-electron chi connectivity index (χ1n) is 10.5. The first-order valence-corrected chi connectivity index (χ1v) is 12.7. The van der Waals surface area contributed by atoms with E-state index in [1.807, 2.05) is 12.1 Å². The van der Waals surface area contributed by atoms with Crippen LogP contribution in [0.3, 0.4) is 0 Å². The van der Waals surface area contributed by atoms with Crippen molar-refractivity contribution in [3.05, 3.63) is 53.6 Å². The number of carbonyl (C=O) groups is 1. The highest BCUT2D eigenvalue weighted by atomic mass is 32.2. The highest BCUT2D eigenvalue weighted by Gasteiger charge is 2.21. The second-order valence-electron chi connectivity index (χ2n) is 7.40.